The SMILES string of the molecule is CCCC1(P(=O)(OC)OC)OC(=O)C(c2ccccc2)=C1[Se]c1ccccc1. The van der Waals surface area contributed by atoms with E-state index in [1.807, 2.05) is 67.6 Å². The van der Waals surface area contributed by atoms with Crippen LogP contribution < -0.4 is 4.46 Å². The average Bonchev–Trinajstić information content (AvgIpc) is 3.01. The van der Waals surface area contributed by atoms with Gasteiger partial charge in [-0.25, -0.2) is 0 Å². The third-order valence-corrected chi connectivity index (χ3v) is 9.92. The molecule has 2 aromatic carbocycles. The fraction of sp³-hybridized carbons (Fsp3) is 0.286. The molecule has 5 nitrogen and oxygen atoms in total. The van der Waals surface area contributed by atoms with Crippen molar-refractivity contribution in [2.45, 2.75) is 25.1 Å². The zero-order valence-electron chi connectivity index (χ0n) is 16.1. The van der Waals surface area contributed by atoms with Crippen molar-refractivity contribution in [3.8, 4) is 0 Å². The molecule has 0 spiro atoms. The van der Waals surface area contributed by atoms with Crippen LogP contribution in [0.2, 0.25) is 0 Å². The van der Waals surface area contributed by atoms with Crippen LogP contribution in [0.4, 0.5) is 0 Å². The van der Waals surface area contributed by atoms with Crippen LogP contribution in [0.5, 0.6) is 0 Å². The van der Waals surface area contributed by atoms with Gasteiger partial charge < -0.3 is 0 Å². The summed E-state index contributed by atoms with van der Waals surface area (Å²) < 4.78 is 32.0. The van der Waals surface area contributed by atoms with E-state index >= 15 is 0 Å². The van der Waals surface area contributed by atoms with E-state index in [4.69, 9.17) is 13.8 Å². The van der Waals surface area contributed by atoms with Crippen molar-refractivity contribution < 1.29 is 23.1 Å². The summed E-state index contributed by atoms with van der Waals surface area (Å²) in [4.78, 5) is 13.0. The van der Waals surface area contributed by atoms with Gasteiger partial charge in [-0.2, -0.15) is 0 Å². The molecule has 0 aliphatic carbocycles. The molecule has 0 saturated heterocycles. The normalized spacial score (nSPS) is 19.8. The zero-order chi connectivity index (χ0) is 20.2. The third kappa shape index (κ3) is 3.63. The molecule has 3 rings (SSSR count). The maximum absolute atomic E-state index is 13.6. The number of esters is 1. The molecule has 1 unspecified atom stereocenters. The van der Waals surface area contributed by atoms with Crippen LogP contribution in [-0.4, -0.2) is 40.5 Å². The zero-order valence-corrected chi connectivity index (χ0v) is 18.7. The van der Waals surface area contributed by atoms with Crippen LogP contribution in [0.15, 0.2) is 65.1 Å². The van der Waals surface area contributed by atoms with E-state index in [0.29, 0.717) is 22.9 Å². The summed E-state index contributed by atoms with van der Waals surface area (Å²) in [5.74, 6) is -0.484. The van der Waals surface area contributed by atoms with Crippen molar-refractivity contribution in [3.05, 3.63) is 70.7 Å². The molecule has 0 N–H and O–H groups in total. The van der Waals surface area contributed by atoms with Crippen LogP contribution in [0.25, 0.3) is 5.57 Å². The average molecular weight is 465 g/mol. The molecular formula is C21H23O5PSe. The standard InChI is InChI=1S/C21H23O5PSe/c1-4-15-21(27(23,24-2)25-3)19(28-17-13-9-6-10-14-17)18(20(22)26-21)16-11-7-5-8-12-16/h5-14H,4,15H2,1-3H3. The molecule has 0 amide bonds. The Kier molecular flexibility index (Phi) is 6.59. The Morgan fingerprint density at radius 3 is 2.11 bits per heavy atom. The Hall–Kier alpha value is -1.68. The fourth-order valence-corrected chi connectivity index (χ4v) is 8.43. The van der Waals surface area contributed by atoms with Crippen LogP contribution >= 0.6 is 7.60 Å². The fourth-order valence-electron chi connectivity index (χ4n) is 3.32. The Morgan fingerprint density at radius 1 is 1.00 bits per heavy atom. The van der Waals surface area contributed by atoms with Gasteiger partial charge in [0.25, 0.3) is 0 Å². The van der Waals surface area contributed by atoms with Gasteiger partial charge in [0, 0.05) is 0 Å². The first kappa shape index (κ1) is 21.0. The molecule has 28 heavy (non-hydrogen) atoms. The molecule has 0 saturated carbocycles. The van der Waals surface area contributed by atoms with E-state index < -0.39 is 18.9 Å². The summed E-state index contributed by atoms with van der Waals surface area (Å²) >= 11 is -0.305. The number of hydrogen-bond donors (Lipinski definition) is 0. The molecule has 1 aliphatic rings. The number of cyclic esters (lactones) is 1. The van der Waals surface area contributed by atoms with Gasteiger partial charge in [-0.1, -0.05) is 0 Å². The summed E-state index contributed by atoms with van der Waals surface area (Å²) in [6.07, 6.45) is 1.01. The van der Waals surface area contributed by atoms with E-state index in [-0.39, 0.29) is 15.0 Å². The molecule has 148 valence electrons. The second kappa shape index (κ2) is 8.77. The number of ether oxygens (including phenoxy) is 1. The van der Waals surface area contributed by atoms with Crippen LogP contribution in [0, 0.1) is 0 Å². The monoisotopic (exact) mass is 466 g/mol. The summed E-state index contributed by atoms with van der Waals surface area (Å²) in [5, 5.41) is -1.41. The predicted octanol–water partition coefficient (Wildman–Crippen LogP) is 3.97. The predicted molar refractivity (Wildman–Crippen MR) is 111 cm³/mol. The summed E-state index contributed by atoms with van der Waals surface area (Å²) in [6, 6.07) is 19.2. The molecular weight excluding hydrogens is 442 g/mol. The molecule has 7 heteroatoms. The van der Waals surface area contributed by atoms with Gasteiger partial charge in [-0.3, -0.25) is 0 Å². The second-order valence-electron chi connectivity index (χ2n) is 6.27. The molecule has 2 aromatic rings. The summed E-state index contributed by atoms with van der Waals surface area (Å²) in [7, 11) is -1.08. The quantitative estimate of drug-likeness (QED) is 0.336. The Morgan fingerprint density at radius 2 is 1.57 bits per heavy atom. The first-order chi connectivity index (χ1) is 13.5. The molecule has 1 aliphatic heterocycles. The van der Waals surface area contributed by atoms with E-state index in [0.717, 1.165) is 10.0 Å². The minimum atomic E-state index is -3.75. The first-order valence-corrected chi connectivity index (χ1v) is 12.2. The Bertz CT molecular complexity index is 905. The summed E-state index contributed by atoms with van der Waals surface area (Å²) in [6.45, 7) is 1.96. The number of hydrogen-bond acceptors (Lipinski definition) is 5. The van der Waals surface area contributed by atoms with Crippen molar-refractivity contribution in [1.29, 1.82) is 0 Å². The topological polar surface area (TPSA) is 61.8 Å². The van der Waals surface area contributed by atoms with Crippen molar-refractivity contribution in [1.82, 2.24) is 0 Å². The van der Waals surface area contributed by atoms with Gasteiger partial charge in [0.15, 0.2) is 0 Å². The van der Waals surface area contributed by atoms with Crippen molar-refractivity contribution in [3.63, 3.8) is 0 Å². The van der Waals surface area contributed by atoms with Crippen molar-refractivity contribution in [2.24, 2.45) is 0 Å². The Balaban J connectivity index is 2.28. The van der Waals surface area contributed by atoms with Crippen LogP contribution in [0.1, 0.15) is 25.3 Å². The summed E-state index contributed by atoms with van der Waals surface area (Å²) in [5.41, 5.74) is 1.21. The minimum absolute atomic E-state index is 0.305. The van der Waals surface area contributed by atoms with Gasteiger partial charge >= 0.3 is 172 Å². The van der Waals surface area contributed by atoms with E-state index in [2.05, 4.69) is 0 Å². The van der Waals surface area contributed by atoms with Crippen LogP contribution in [-0.2, 0) is 23.1 Å². The maximum atomic E-state index is 13.6. The molecule has 1 atom stereocenters. The van der Waals surface area contributed by atoms with Crippen LogP contribution in [0.3, 0.4) is 0 Å². The number of rotatable bonds is 8. The number of carbonyl (C=O) groups is 1. The van der Waals surface area contributed by atoms with Crippen molar-refractivity contribution in [2.75, 3.05) is 14.2 Å². The molecule has 0 aromatic heterocycles. The molecule has 0 fully saturated rings. The molecule has 1 heterocycles. The molecule has 0 radical (unpaired) electrons. The van der Waals surface area contributed by atoms with E-state index in [9.17, 15) is 9.36 Å². The number of carbonyl (C=O) groups excluding carboxylic acids is 1. The Labute approximate surface area is 171 Å². The van der Waals surface area contributed by atoms with Gasteiger partial charge in [0.05, 0.1) is 0 Å². The van der Waals surface area contributed by atoms with Gasteiger partial charge in [0.2, 0.25) is 0 Å². The second-order valence-corrected chi connectivity index (χ2v) is 11.0. The third-order valence-electron chi connectivity index (χ3n) is 4.59. The number of benzene rings is 2. The van der Waals surface area contributed by atoms with Gasteiger partial charge in [0.1, 0.15) is 0 Å². The van der Waals surface area contributed by atoms with Crippen molar-refractivity contribution >= 4 is 38.6 Å². The van der Waals surface area contributed by atoms with E-state index in [1.165, 1.54) is 14.2 Å². The first-order valence-electron chi connectivity index (χ1n) is 8.99. The molecule has 0 bridgehead atoms. The van der Waals surface area contributed by atoms with Gasteiger partial charge in [-0.05, 0) is 0 Å². The van der Waals surface area contributed by atoms with Gasteiger partial charge in [-0.15, -0.1) is 0 Å². The van der Waals surface area contributed by atoms with E-state index in [1.54, 1.807) is 0 Å².